The summed E-state index contributed by atoms with van der Waals surface area (Å²) in [5.41, 5.74) is 0. The van der Waals surface area contributed by atoms with E-state index >= 15 is 0 Å². The third-order valence-electron chi connectivity index (χ3n) is 4.66. The molecule has 0 bridgehead atoms. The van der Waals surface area contributed by atoms with Gasteiger partial charge in [0, 0.05) is 0 Å². The number of aromatic carboxylic acids is 1. The van der Waals surface area contributed by atoms with Gasteiger partial charge >= 0.3 is 104 Å². The van der Waals surface area contributed by atoms with Crippen LogP contribution in [-0.2, 0) is 0 Å². The molecule has 0 fully saturated rings. The topological polar surface area (TPSA) is 50.4 Å². The second-order valence-electron chi connectivity index (χ2n) is 6.45. The monoisotopic (exact) mass is 378 g/mol. The number of furan rings is 1. The summed E-state index contributed by atoms with van der Waals surface area (Å²) in [5, 5.41) is 8.18. The molecule has 24 heavy (non-hydrogen) atoms. The second kappa shape index (κ2) is 16.1. The first kappa shape index (κ1) is 25.8. The molecule has 0 saturated heterocycles. The molecular weight excluding hydrogens is 338 g/mol. The largest absolute Gasteiger partial charge is 0.475 e. The molecule has 144 valence electrons. The Hall–Kier alpha value is -0.390. The molecule has 0 aliphatic heterocycles. The van der Waals surface area contributed by atoms with Crippen LogP contribution in [0.15, 0.2) is 22.8 Å². The van der Waals surface area contributed by atoms with Gasteiger partial charge in [0.2, 0.25) is 5.76 Å². The first-order valence-corrected chi connectivity index (χ1v) is 12.1. The van der Waals surface area contributed by atoms with E-state index in [0.717, 1.165) is 0 Å². The van der Waals surface area contributed by atoms with E-state index in [2.05, 4.69) is 32.1 Å². The zero-order valence-corrected chi connectivity index (χ0v) is 18.7. The molecule has 0 spiro atoms. The standard InChI is InChI=1S/C14H33P.C5H4O3.H3P/c1-5-9-12-15(8-4,13-10-6-2)14-11-7-3;6-5(7)4-2-1-3-8-4;/h15H,5-14H2,1-4H3;1-3H,(H,6,7);1H3. The van der Waals surface area contributed by atoms with E-state index in [4.69, 9.17) is 5.11 Å². The number of rotatable bonds is 11. The van der Waals surface area contributed by atoms with Crippen LogP contribution in [0.5, 0.6) is 0 Å². The van der Waals surface area contributed by atoms with Crippen LogP contribution in [0.1, 0.15) is 76.8 Å². The maximum atomic E-state index is 9.97. The molecule has 0 amide bonds. The summed E-state index contributed by atoms with van der Waals surface area (Å²) in [7, 11) is -0.832. The van der Waals surface area contributed by atoms with Gasteiger partial charge in [0.05, 0.1) is 6.26 Å². The summed E-state index contributed by atoms with van der Waals surface area (Å²) in [6.45, 7) is 9.49. The van der Waals surface area contributed by atoms with Gasteiger partial charge in [-0.25, -0.2) is 4.79 Å². The second-order valence-corrected chi connectivity index (χ2v) is 11.7. The van der Waals surface area contributed by atoms with Gasteiger partial charge in [-0.15, -0.1) is 0 Å². The van der Waals surface area contributed by atoms with Crippen LogP contribution in [-0.4, -0.2) is 35.7 Å². The number of carbonyl (C=O) groups is 1. The third-order valence-corrected chi connectivity index (χ3v) is 10.4. The predicted octanol–water partition coefficient (Wildman–Crippen LogP) is 6.19. The normalized spacial score (nSPS) is 11.2. The van der Waals surface area contributed by atoms with E-state index in [9.17, 15) is 4.79 Å². The Kier molecular flexibility index (Phi) is 17.3. The zero-order chi connectivity index (χ0) is 17.6. The summed E-state index contributed by atoms with van der Waals surface area (Å²) in [6.07, 6.45) is 16.4. The average Bonchev–Trinajstić information content (AvgIpc) is 3.10. The van der Waals surface area contributed by atoms with Crippen molar-refractivity contribution in [3.05, 3.63) is 24.2 Å². The minimum atomic E-state index is -1.03. The van der Waals surface area contributed by atoms with E-state index in [0.29, 0.717) is 0 Å². The summed E-state index contributed by atoms with van der Waals surface area (Å²) in [5.74, 6) is -1.06. The van der Waals surface area contributed by atoms with Crippen molar-refractivity contribution >= 4 is 23.1 Å². The fourth-order valence-corrected chi connectivity index (χ4v) is 8.08. The smallest absolute Gasteiger partial charge is 0.371 e. The molecule has 1 N–H and O–H groups in total. The molecule has 1 heterocycles. The van der Waals surface area contributed by atoms with Crippen molar-refractivity contribution in [2.45, 2.75) is 66.2 Å². The number of unbranched alkanes of at least 4 members (excludes halogenated alkanes) is 3. The molecule has 0 radical (unpaired) electrons. The molecule has 0 saturated carbocycles. The SMILES string of the molecule is CCCC[PH](CC)(CCCC)CCCC.O=C(O)c1ccco1.P. The van der Waals surface area contributed by atoms with Crippen LogP contribution in [0, 0.1) is 0 Å². The molecule has 0 aliphatic rings. The fourth-order valence-electron chi connectivity index (χ4n) is 2.96. The Morgan fingerprint density at radius 1 is 1.00 bits per heavy atom. The van der Waals surface area contributed by atoms with E-state index in [1.54, 1.807) is 18.5 Å². The van der Waals surface area contributed by atoms with Gasteiger partial charge in [-0.05, 0) is 12.1 Å². The van der Waals surface area contributed by atoms with E-state index in [-0.39, 0.29) is 15.7 Å². The Bertz CT molecular complexity index is 370. The maximum absolute atomic E-state index is 9.97. The number of carboxylic acid groups (broad SMARTS) is 1. The summed E-state index contributed by atoms with van der Waals surface area (Å²) < 4.78 is 4.50. The minimum Gasteiger partial charge on any atom is -0.475 e. The van der Waals surface area contributed by atoms with Crippen LogP contribution in [0.25, 0.3) is 0 Å². The molecule has 1 atom stereocenters. The third kappa shape index (κ3) is 11.2. The van der Waals surface area contributed by atoms with Crippen molar-refractivity contribution in [1.82, 2.24) is 0 Å². The molecule has 0 aliphatic carbocycles. The Morgan fingerprint density at radius 2 is 1.46 bits per heavy atom. The van der Waals surface area contributed by atoms with Crippen LogP contribution in [0.2, 0.25) is 0 Å². The van der Waals surface area contributed by atoms with E-state index in [1.807, 2.05) is 0 Å². The van der Waals surface area contributed by atoms with Gasteiger partial charge in [0.1, 0.15) is 0 Å². The van der Waals surface area contributed by atoms with Crippen molar-refractivity contribution in [1.29, 1.82) is 0 Å². The van der Waals surface area contributed by atoms with E-state index in [1.165, 1.54) is 63.1 Å². The van der Waals surface area contributed by atoms with Crippen LogP contribution in [0.4, 0.5) is 0 Å². The Labute approximate surface area is 152 Å². The molecule has 1 aromatic rings. The Balaban J connectivity index is 0. The first-order valence-electron chi connectivity index (χ1n) is 9.32. The predicted molar refractivity (Wildman–Crippen MR) is 115 cm³/mol. The zero-order valence-electron chi connectivity index (χ0n) is 16.3. The average molecular weight is 378 g/mol. The molecule has 0 aromatic carbocycles. The van der Waals surface area contributed by atoms with Gasteiger partial charge in [0.25, 0.3) is 0 Å². The first-order chi connectivity index (χ1) is 11.0. The maximum Gasteiger partial charge on any atom is 0.371 e. The van der Waals surface area contributed by atoms with Crippen molar-refractivity contribution in [2.24, 2.45) is 0 Å². The molecule has 1 aromatic heterocycles. The van der Waals surface area contributed by atoms with Gasteiger partial charge < -0.3 is 9.52 Å². The summed E-state index contributed by atoms with van der Waals surface area (Å²) >= 11 is 0. The van der Waals surface area contributed by atoms with Crippen LogP contribution < -0.4 is 0 Å². The quantitative estimate of drug-likeness (QED) is 0.467. The summed E-state index contributed by atoms with van der Waals surface area (Å²) in [4.78, 5) is 9.97. The molecule has 5 heteroatoms. The molecule has 1 rings (SSSR count). The number of carboxylic acids is 1. The van der Waals surface area contributed by atoms with Crippen LogP contribution in [0.3, 0.4) is 0 Å². The minimum absolute atomic E-state index is 0. The number of hydrogen-bond donors (Lipinski definition) is 1. The van der Waals surface area contributed by atoms with Gasteiger partial charge in [-0.2, -0.15) is 9.90 Å². The van der Waals surface area contributed by atoms with Crippen molar-refractivity contribution in [3.8, 4) is 0 Å². The summed E-state index contributed by atoms with van der Waals surface area (Å²) in [6, 6.07) is 2.92. The van der Waals surface area contributed by atoms with Crippen molar-refractivity contribution in [3.63, 3.8) is 0 Å². The van der Waals surface area contributed by atoms with Gasteiger partial charge in [0.15, 0.2) is 0 Å². The number of hydrogen-bond acceptors (Lipinski definition) is 2. The molecule has 1 unspecified atom stereocenters. The van der Waals surface area contributed by atoms with Crippen molar-refractivity contribution in [2.75, 3.05) is 24.6 Å². The van der Waals surface area contributed by atoms with E-state index < -0.39 is 13.2 Å². The van der Waals surface area contributed by atoms with Gasteiger partial charge in [-0.3, -0.25) is 0 Å². The van der Waals surface area contributed by atoms with Crippen LogP contribution >= 0.6 is 17.2 Å². The van der Waals surface area contributed by atoms with Crippen molar-refractivity contribution < 1.29 is 14.3 Å². The van der Waals surface area contributed by atoms with Gasteiger partial charge in [-0.1, -0.05) is 0 Å². The molecule has 3 nitrogen and oxygen atoms in total. The molecular formula is C19H40O3P2. The Morgan fingerprint density at radius 3 is 1.67 bits per heavy atom. The fraction of sp³-hybridized carbons (Fsp3) is 0.737.